The van der Waals surface area contributed by atoms with Gasteiger partial charge in [0.1, 0.15) is 24.2 Å². The number of carboxylic acid groups (broad SMARTS) is 1. The number of hydrogen-bond donors (Lipinski definition) is 8. The second kappa shape index (κ2) is 15.8. The number of guanidine groups is 1. The Morgan fingerprint density at radius 3 is 2.00 bits per heavy atom. The van der Waals surface area contributed by atoms with Gasteiger partial charge in [0, 0.05) is 6.54 Å². The van der Waals surface area contributed by atoms with Crippen molar-refractivity contribution in [3.8, 4) is 0 Å². The standard InChI is InChI=1S/C21H41N7O6/c1-5-12(4)16(19(32)26-14(20(33)34)7-6-8-25-21(23)24)28-18(31)15(9-11(2)3)27-17(30)13(22)10-29/h11-16,29H,5-10,22H2,1-4H3,(H,26,32)(H,27,30)(H,28,31)(H,33,34)(H4,23,24,25). The minimum atomic E-state index is -1.23. The molecule has 0 aliphatic heterocycles. The van der Waals surface area contributed by atoms with Crippen LogP contribution in [0.25, 0.3) is 0 Å². The van der Waals surface area contributed by atoms with Crippen LogP contribution in [0.3, 0.4) is 0 Å². The van der Waals surface area contributed by atoms with E-state index in [-0.39, 0.29) is 37.2 Å². The fourth-order valence-corrected chi connectivity index (χ4v) is 3.04. The van der Waals surface area contributed by atoms with E-state index in [1.54, 1.807) is 6.92 Å². The molecule has 0 spiro atoms. The Hall–Kier alpha value is -2.93. The molecular weight excluding hydrogens is 446 g/mol. The first-order chi connectivity index (χ1) is 15.8. The number of aliphatic imine (C=N–C) groups is 1. The summed E-state index contributed by atoms with van der Waals surface area (Å²) in [6.45, 7) is 6.92. The highest BCUT2D eigenvalue weighted by molar-refractivity contribution is 5.94. The van der Waals surface area contributed by atoms with E-state index in [0.29, 0.717) is 12.8 Å². The smallest absolute Gasteiger partial charge is 0.326 e. The van der Waals surface area contributed by atoms with Gasteiger partial charge in [0.25, 0.3) is 0 Å². The van der Waals surface area contributed by atoms with Crippen LogP contribution in [0.2, 0.25) is 0 Å². The molecule has 11 N–H and O–H groups in total. The number of aliphatic hydroxyl groups is 1. The third kappa shape index (κ3) is 11.8. The van der Waals surface area contributed by atoms with Gasteiger partial charge in [0.2, 0.25) is 17.7 Å². The molecule has 0 rings (SSSR count). The second-order valence-corrected chi connectivity index (χ2v) is 8.70. The number of rotatable bonds is 16. The predicted molar refractivity (Wildman–Crippen MR) is 127 cm³/mol. The molecule has 0 fully saturated rings. The number of carboxylic acids is 1. The van der Waals surface area contributed by atoms with E-state index in [4.69, 9.17) is 22.3 Å². The van der Waals surface area contributed by atoms with Gasteiger partial charge in [-0.05, 0) is 31.1 Å². The number of nitrogens with zero attached hydrogens (tertiary/aromatic N) is 1. The van der Waals surface area contributed by atoms with Crippen molar-refractivity contribution in [3.63, 3.8) is 0 Å². The maximum atomic E-state index is 13.0. The van der Waals surface area contributed by atoms with E-state index in [9.17, 15) is 24.3 Å². The molecule has 0 saturated heterocycles. The van der Waals surface area contributed by atoms with Crippen molar-refractivity contribution in [1.29, 1.82) is 0 Å². The van der Waals surface area contributed by atoms with Gasteiger partial charge < -0.3 is 43.4 Å². The quantitative estimate of drug-likeness (QED) is 0.0681. The maximum Gasteiger partial charge on any atom is 0.326 e. The van der Waals surface area contributed by atoms with E-state index in [2.05, 4.69) is 20.9 Å². The van der Waals surface area contributed by atoms with Gasteiger partial charge in [-0.2, -0.15) is 0 Å². The summed E-state index contributed by atoms with van der Waals surface area (Å²) in [4.78, 5) is 53.5. The number of carbonyl (C=O) groups excluding carboxylic acids is 3. The van der Waals surface area contributed by atoms with E-state index in [0.717, 1.165) is 0 Å². The number of aliphatic hydroxyl groups excluding tert-OH is 1. The summed E-state index contributed by atoms with van der Waals surface area (Å²) in [5, 5.41) is 26.2. The number of nitrogens with one attached hydrogen (secondary N) is 3. The third-order valence-corrected chi connectivity index (χ3v) is 5.23. The zero-order valence-electron chi connectivity index (χ0n) is 20.4. The Kier molecular flexibility index (Phi) is 14.5. The number of carbonyl (C=O) groups is 4. The molecule has 0 saturated carbocycles. The van der Waals surface area contributed by atoms with Crippen LogP contribution in [0.5, 0.6) is 0 Å². The molecule has 0 heterocycles. The van der Waals surface area contributed by atoms with Crippen LogP contribution in [0.15, 0.2) is 4.99 Å². The van der Waals surface area contributed by atoms with Crippen LogP contribution in [0.1, 0.15) is 53.4 Å². The summed E-state index contributed by atoms with van der Waals surface area (Å²) in [5.74, 6) is -3.59. The van der Waals surface area contributed by atoms with Crippen LogP contribution in [0.4, 0.5) is 0 Å². The second-order valence-electron chi connectivity index (χ2n) is 8.70. The first-order valence-corrected chi connectivity index (χ1v) is 11.4. The predicted octanol–water partition coefficient (Wildman–Crippen LogP) is -2.01. The van der Waals surface area contributed by atoms with Crippen LogP contribution < -0.4 is 33.2 Å². The van der Waals surface area contributed by atoms with Gasteiger partial charge >= 0.3 is 5.97 Å². The zero-order valence-corrected chi connectivity index (χ0v) is 20.4. The van der Waals surface area contributed by atoms with E-state index in [1.807, 2.05) is 20.8 Å². The normalized spacial score (nSPS) is 15.4. The Morgan fingerprint density at radius 1 is 0.941 bits per heavy atom. The molecule has 0 aliphatic rings. The molecule has 0 aromatic carbocycles. The lowest BCUT2D eigenvalue weighted by Gasteiger charge is -2.28. The SMILES string of the molecule is CCC(C)C(NC(=O)C(CC(C)C)NC(=O)C(N)CO)C(=O)NC(CCCN=C(N)N)C(=O)O. The minimum absolute atomic E-state index is 0.0267. The fourth-order valence-electron chi connectivity index (χ4n) is 3.04. The Morgan fingerprint density at radius 2 is 1.53 bits per heavy atom. The molecule has 0 aliphatic carbocycles. The monoisotopic (exact) mass is 487 g/mol. The Balaban J connectivity index is 5.46. The highest BCUT2D eigenvalue weighted by Gasteiger charge is 2.32. The zero-order chi connectivity index (χ0) is 26.4. The van der Waals surface area contributed by atoms with E-state index in [1.165, 1.54) is 0 Å². The molecule has 0 aromatic rings. The topological polar surface area (TPSA) is 235 Å². The first kappa shape index (κ1) is 31.1. The molecule has 13 heteroatoms. The lowest BCUT2D eigenvalue weighted by molar-refractivity contribution is -0.143. The summed E-state index contributed by atoms with van der Waals surface area (Å²) in [6, 6.07) is -4.40. The van der Waals surface area contributed by atoms with E-state index >= 15 is 0 Å². The van der Waals surface area contributed by atoms with Crippen molar-refractivity contribution < 1.29 is 29.4 Å². The molecule has 0 aromatic heterocycles. The Bertz CT molecular complexity index is 712. The first-order valence-electron chi connectivity index (χ1n) is 11.4. The van der Waals surface area contributed by atoms with Crippen LogP contribution in [-0.4, -0.2) is 77.2 Å². The fraction of sp³-hybridized carbons (Fsp3) is 0.762. The number of nitrogens with two attached hydrogens (primary N) is 3. The van der Waals surface area contributed by atoms with Crippen molar-refractivity contribution in [2.24, 2.45) is 34.0 Å². The molecule has 13 nitrogen and oxygen atoms in total. The molecule has 0 radical (unpaired) electrons. The number of aliphatic carboxylic acids is 1. The molecule has 34 heavy (non-hydrogen) atoms. The van der Waals surface area contributed by atoms with Gasteiger partial charge in [-0.25, -0.2) is 4.79 Å². The third-order valence-electron chi connectivity index (χ3n) is 5.23. The van der Waals surface area contributed by atoms with Crippen LogP contribution in [-0.2, 0) is 19.2 Å². The molecular formula is C21H41N7O6. The highest BCUT2D eigenvalue weighted by Crippen LogP contribution is 2.12. The van der Waals surface area contributed by atoms with E-state index < -0.39 is 54.5 Å². The van der Waals surface area contributed by atoms with Crippen molar-refractivity contribution >= 4 is 29.7 Å². The van der Waals surface area contributed by atoms with Gasteiger partial charge in [-0.15, -0.1) is 0 Å². The average Bonchev–Trinajstić information content (AvgIpc) is 2.76. The minimum Gasteiger partial charge on any atom is -0.480 e. The Labute approximate surface area is 200 Å². The summed E-state index contributed by atoms with van der Waals surface area (Å²) in [6.07, 6.45) is 1.21. The van der Waals surface area contributed by atoms with Crippen molar-refractivity contribution in [2.75, 3.05) is 13.2 Å². The lowest BCUT2D eigenvalue weighted by Crippen LogP contribution is -2.59. The maximum absolute atomic E-state index is 13.0. The highest BCUT2D eigenvalue weighted by atomic mass is 16.4. The number of amides is 3. The van der Waals surface area contributed by atoms with Gasteiger partial charge in [0.05, 0.1) is 6.61 Å². The summed E-state index contributed by atoms with van der Waals surface area (Å²) < 4.78 is 0. The summed E-state index contributed by atoms with van der Waals surface area (Å²) in [7, 11) is 0. The average molecular weight is 488 g/mol. The summed E-state index contributed by atoms with van der Waals surface area (Å²) >= 11 is 0. The molecule has 196 valence electrons. The van der Waals surface area contributed by atoms with Gasteiger partial charge in [0.15, 0.2) is 5.96 Å². The largest absolute Gasteiger partial charge is 0.480 e. The van der Waals surface area contributed by atoms with Crippen molar-refractivity contribution in [3.05, 3.63) is 0 Å². The van der Waals surface area contributed by atoms with Crippen LogP contribution >= 0.6 is 0 Å². The lowest BCUT2D eigenvalue weighted by atomic mass is 9.96. The summed E-state index contributed by atoms with van der Waals surface area (Å²) in [5.41, 5.74) is 16.0. The number of hydrogen-bond acceptors (Lipinski definition) is 7. The van der Waals surface area contributed by atoms with Gasteiger partial charge in [-0.1, -0.05) is 34.1 Å². The molecule has 5 unspecified atom stereocenters. The van der Waals surface area contributed by atoms with Crippen molar-refractivity contribution in [1.82, 2.24) is 16.0 Å². The van der Waals surface area contributed by atoms with Crippen molar-refractivity contribution in [2.45, 2.75) is 77.5 Å². The molecule has 0 bridgehead atoms. The molecule has 5 atom stereocenters. The van der Waals surface area contributed by atoms with Crippen LogP contribution in [0, 0.1) is 11.8 Å². The van der Waals surface area contributed by atoms with Gasteiger partial charge in [-0.3, -0.25) is 19.4 Å². The molecule has 3 amide bonds.